The topological polar surface area (TPSA) is 70.5 Å². The largest absolute Gasteiger partial charge is 0.483 e. The third-order valence-electron chi connectivity index (χ3n) is 5.14. The van der Waals surface area contributed by atoms with Crippen molar-refractivity contribution in [2.24, 2.45) is 11.8 Å². The first-order chi connectivity index (χ1) is 12.2. The van der Waals surface area contributed by atoms with Crippen LogP contribution in [0.4, 0.5) is 0 Å². The van der Waals surface area contributed by atoms with Gasteiger partial charge in [0.15, 0.2) is 5.78 Å². The van der Waals surface area contributed by atoms with E-state index in [1.807, 2.05) is 18.2 Å². The van der Waals surface area contributed by atoms with Gasteiger partial charge in [0.1, 0.15) is 5.69 Å². The summed E-state index contributed by atoms with van der Waals surface area (Å²) in [5.74, 6) is 4.06. The first kappa shape index (κ1) is 17.6. The highest BCUT2D eigenvalue weighted by Gasteiger charge is 2.35. The lowest BCUT2D eigenvalue weighted by Crippen LogP contribution is -2.47. The first-order valence-corrected chi connectivity index (χ1v) is 9.13. The Kier molecular flexibility index (Phi) is 5.47. The zero-order chi connectivity index (χ0) is 17.8. The molecule has 25 heavy (non-hydrogen) atoms. The SMILES string of the molecule is C#Cc1ccc2c(C(=O)C[C@@H]3CN4CCC3CC4)nsc2c1.O=CO. The fourth-order valence-corrected chi connectivity index (χ4v) is 4.71. The Morgan fingerprint density at radius 1 is 1.44 bits per heavy atom. The van der Waals surface area contributed by atoms with Gasteiger partial charge in [0.05, 0.1) is 4.70 Å². The van der Waals surface area contributed by atoms with Gasteiger partial charge in [-0.15, -0.1) is 6.42 Å². The molecule has 6 heteroatoms. The van der Waals surface area contributed by atoms with Crippen molar-refractivity contribution in [2.45, 2.75) is 19.3 Å². The number of fused-ring (bicyclic) bond motifs is 4. The van der Waals surface area contributed by atoms with Crippen molar-refractivity contribution in [1.82, 2.24) is 9.27 Å². The van der Waals surface area contributed by atoms with Crippen LogP contribution < -0.4 is 0 Å². The number of rotatable bonds is 3. The van der Waals surface area contributed by atoms with Gasteiger partial charge in [-0.2, -0.15) is 4.37 Å². The Balaban J connectivity index is 0.000000569. The maximum atomic E-state index is 12.7. The molecule has 0 radical (unpaired) electrons. The van der Waals surface area contributed by atoms with Gasteiger partial charge in [0.25, 0.3) is 6.47 Å². The van der Waals surface area contributed by atoms with Crippen LogP contribution >= 0.6 is 11.5 Å². The van der Waals surface area contributed by atoms with Crippen molar-refractivity contribution in [3.8, 4) is 12.3 Å². The second-order valence-electron chi connectivity index (χ2n) is 6.52. The maximum Gasteiger partial charge on any atom is 0.290 e. The van der Waals surface area contributed by atoms with Crippen LogP contribution in [-0.4, -0.2) is 46.3 Å². The third-order valence-corrected chi connectivity index (χ3v) is 5.95. The number of hydrogen-bond donors (Lipinski definition) is 1. The minimum Gasteiger partial charge on any atom is -0.483 e. The van der Waals surface area contributed by atoms with Crippen LogP contribution in [0, 0.1) is 24.2 Å². The van der Waals surface area contributed by atoms with Crippen LogP contribution in [0.3, 0.4) is 0 Å². The average Bonchev–Trinajstić information content (AvgIpc) is 3.06. The lowest BCUT2D eigenvalue weighted by Gasteiger charge is -2.44. The number of piperidine rings is 3. The van der Waals surface area contributed by atoms with Crippen molar-refractivity contribution < 1.29 is 14.7 Å². The zero-order valence-corrected chi connectivity index (χ0v) is 14.7. The van der Waals surface area contributed by atoms with Gasteiger partial charge in [0, 0.05) is 23.9 Å². The Labute approximate surface area is 150 Å². The molecule has 3 fully saturated rings. The van der Waals surface area contributed by atoms with E-state index in [0.717, 1.165) is 28.1 Å². The summed E-state index contributed by atoms with van der Waals surface area (Å²) in [7, 11) is 0. The molecule has 130 valence electrons. The van der Waals surface area contributed by atoms with Crippen LogP contribution in [0.2, 0.25) is 0 Å². The molecule has 0 amide bonds. The molecule has 3 aliphatic rings. The fraction of sp³-hybridized carbons (Fsp3) is 0.421. The Morgan fingerprint density at radius 2 is 2.16 bits per heavy atom. The van der Waals surface area contributed by atoms with E-state index in [0.29, 0.717) is 18.0 Å². The molecule has 2 aromatic rings. The number of nitrogens with zero attached hydrogens (tertiary/aromatic N) is 2. The highest BCUT2D eigenvalue weighted by molar-refractivity contribution is 7.13. The number of terminal acetylenes is 1. The van der Waals surface area contributed by atoms with Crippen molar-refractivity contribution in [1.29, 1.82) is 0 Å². The van der Waals surface area contributed by atoms with Gasteiger partial charge in [-0.3, -0.25) is 9.59 Å². The number of carbonyl (C=O) groups is 2. The van der Waals surface area contributed by atoms with E-state index < -0.39 is 0 Å². The maximum absolute atomic E-state index is 12.7. The second-order valence-corrected chi connectivity index (χ2v) is 7.32. The molecule has 2 bridgehead atoms. The quantitative estimate of drug-likeness (QED) is 0.520. The number of ketones is 1. The van der Waals surface area contributed by atoms with E-state index in [1.165, 1.54) is 37.5 Å². The predicted octanol–water partition coefficient (Wildman–Crippen LogP) is 2.89. The standard InChI is InChI=1S/C18H18N2OS.CH2O2/c1-2-12-3-4-15-17(9-12)22-19-18(15)16(21)10-14-11-20-7-5-13(14)6-8-20;2-1-3/h1,3-4,9,13-14H,5-8,10-11H2;1H,(H,2,3)/t14-;/m1./s1. The number of carbonyl (C=O) groups excluding carboxylic acids is 1. The van der Waals surface area contributed by atoms with Gasteiger partial charge >= 0.3 is 0 Å². The summed E-state index contributed by atoms with van der Waals surface area (Å²) in [5, 5.41) is 7.84. The minimum absolute atomic E-state index is 0.193. The molecule has 1 aromatic heterocycles. The van der Waals surface area contributed by atoms with Gasteiger partial charge in [-0.1, -0.05) is 5.92 Å². The molecule has 0 saturated carbocycles. The van der Waals surface area contributed by atoms with Gasteiger partial charge in [-0.05, 0) is 67.5 Å². The van der Waals surface area contributed by atoms with Crippen LogP contribution in [-0.2, 0) is 4.79 Å². The number of aromatic nitrogens is 1. The van der Waals surface area contributed by atoms with Crippen molar-refractivity contribution in [3.05, 3.63) is 29.5 Å². The average molecular weight is 356 g/mol. The molecule has 5 rings (SSSR count). The molecule has 1 atom stereocenters. The molecule has 3 saturated heterocycles. The number of benzene rings is 1. The molecule has 1 aromatic carbocycles. The van der Waals surface area contributed by atoms with E-state index in [-0.39, 0.29) is 12.3 Å². The summed E-state index contributed by atoms with van der Waals surface area (Å²) in [6.07, 6.45) is 8.57. The number of Topliss-reactive ketones (excluding diaryl/α,β-unsaturated/α-hetero) is 1. The van der Waals surface area contributed by atoms with Crippen molar-refractivity contribution >= 4 is 33.9 Å². The van der Waals surface area contributed by atoms with Crippen LogP contribution in [0.15, 0.2) is 18.2 Å². The summed E-state index contributed by atoms with van der Waals surface area (Å²) in [5.41, 5.74) is 1.48. The highest BCUT2D eigenvalue weighted by atomic mass is 32.1. The predicted molar refractivity (Wildman–Crippen MR) is 97.8 cm³/mol. The lowest BCUT2D eigenvalue weighted by molar-refractivity contribution is -0.122. The Morgan fingerprint density at radius 3 is 2.76 bits per heavy atom. The first-order valence-electron chi connectivity index (χ1n) is 8.35. The van der Waals surface area contributed by atoms with Gasteiger partial charge < -0.3 is 10.0 Å². The molecular weight excluding hydrogens is 336 g/mol. The van der Waals surface area contributed by atoms with Crippen LogP contribution in [0.1, 0.15) is 35.3 Å². The molecule has 1 N–H and O–H groups in total. The normalized spacial score (nSPS) is 24.2. The number of carboxylic acid groups (broad SMARTS) is 1. The van der Waals surface area contributed by atoms with E-state index in [2.05, 4.69) is 15.2 Å². The summed E-state index contributed by atoms with van der Waals surface area (Å²) >= 11 is 1.37. The van der Waals surface area contributed by atoms with Crippen molar-refractivity contribution in [2.75, 3.05) is 19.6 Å². The van der Waals surface area contributed by atoms with E-state index in [1.54, 1.807) is 0 Å². The summed E-state index contributed by atoms with van der Waals surface area (Å²) in [4.78, 5) is 23.6. The minimum atomic E-state index is -0.250. The molecular formula is C19H20N2O3S. The van der Waals surface area contributed by atoms with Gasteiger partial charge in [0.2, 0.25) is 0 Å². The summed E-state index contributed by atoms with van der Waals surface area (Å²) < 4.78 is 5.42. The number of hydrogen-bond acceptors (Lipinski definition) is 5. The molecule has 5 nitrogen and oxygen atoms in total. The molecule has 0 unspecified atom stereocenters. The Bertz CT molecular complexity index is 816. The molecule has 0 spiro atoms. The van der Waals surface area contributed by atoms with E-state index >= 15 is 0 Å². The third kappa shape index (κ3) is 3.73. The molecule has 3 aliphatic heterocycles. The second kappa shape index (κ2) is 7.77. The Hall–Kier alpha value is -2.23. The highest BCUT2D eigenvalue weighted by Crippen LogP contribution is 2.35. The van der Waals surface area contributed by atoms with E-state index in [9.17, 15) is 4.79 Å². The summed E-state index contributed by atoms with van der Waals surface area (Å²) in [6, 6.07) is 5.78. The van der Waals surface area contributed by atoms with Crippen LogP contribution in [0.5, 0.6) is 0 Å². The summed E-state index contributed by atoms with van der Waals surface area (Å²) in [6.45, 7) is 3.26. The van der Waals surface area contributed by atoms with Gasteiger partial charge in [-0.25, -0.2) is 0 Å². The molecule has 4 heterocycles. The zero-order valence-electron chi connectivity index (χ0n) is 13.9. The fourth-order valence-electron chi connectivity index (χ4n) is 3.88. The molecule has 0 aliphatic carbocycles. The lowest BCUT2D eigenvalue weighted by atomic mass is 9.76. The monoisotopic (exact) mass is 356 g/mol. The van der Waals surface area contributed by atoms with Crippen LogP contribution in [0.25, 0.3) is 10.1 Å². The van der Waals surface area contributed by atoms with Crippen molar-refractivity contribution in [3.63, 3.8) is 0 Å². The van der Waals surface area contributed by atoms with E-state index in [4.69, 9.17) is 16.3 Å². The smallest absolute Gasteiger partial charge is 0.290 e.